The Morgan fingerprint density at radius 1 is 0.367 bits per heavy atom. The third-order valence-corrected chi connectivity index (χ3v) is 6.57. The maximum Gasteiger partial charge on any atom is 0.158 e. The quantitative estimate of drug-likeness (QED) is 0.427. The molecule has 0 atom stereocenters. The molecule has 148 valence electrons. The lowest BCUT2D eigenvalue weighted by atomic mass is 9.68. The predicted octanol–water partition coefficient (Wildman–Crippen LogP) is 6.18. The first-order valence-corrected chi connectivity index (χ1v) is 9.64. The summed E-state index contributed by atoms with van der Waals surface area (Å²) in [6.07, 6.45) is 0. The van der Waals surface area contributed by atoms with E-state index in [0.717, 1.165) is 0 Å². The molecule has 4 nitrogen and oxygen atoms in total. The van der Waals surface area contributed by atoms with E-state index in [2.05, 4.69) is 55.4 Å². The van der Waals surface area contributed by atoms with Crippen molar-refractivity contribution in [2.45, 2.75) is 55.4 Å². The first-order chi connectivity index (χ1) is 14.1. The summed E-state index contributed by atoms with van der Waals surface area (Å²) >= 11 is 0. The second-order valence-electron chi connectivity index (χ2n) is 7.70. The van der Waals surface area contributed by atoms with Crippen LogP contribution < -0.4 is 0 Å². The highest BCUT2D eigenvalue weighted by molar-refractivity contribution is 6.09. The smallest absolute Gasteiger partial charge is 0.158 e. The minimum absolute atomic E-state index is 0.440. The van der Waals surface area contributed by atoms with Crippen molar-refractivity contribution in [2.24, 2.45) is 0 Å². The number of nitriles is 4. The lowest BCUT2D eigenvalue weighted by Gasteiger charge is -2.35. The number of benzene rings is 2. The second kappa shape index (κ2) is 8.25. The summed E-state index contributed by atoms with van der Waals surface area (Å²) < 4.78 is 0. The molecule has 3 rings (SSSR count). The first kappa shape index (κ1) is 22.4. The van der Waals surface area contributed by atoms with Crippen molar-refractivity contribution >= 4 is 0 Å². The van der Waals surface area contributed by atoms with Gasteiger partial charge in [-0.05, 0) is 122 Å². The lowest BCUT2D eigenvalue weighted by Crippen LogP contribution is -2.13. The van der Waals surface area contributed by atoms with Crippen molar-refractivity contribution < 1.29 is 0 Å². The molecule has 0 saturated heterocycles. The number of rotatable bonds is 0. The van der Waals surface area contributed by atoms with Gasteiger partial charge in [0, 0.05) is 0 Å². The topological polar surface area (TPSA) is 95.2 Å². The predicted molar refractivity (Wildman–Crippen MR) is 118 cm³/mol. The van der Waals surface area contributed by atoms with Crippen LogP contribution in [0.1, 0.15) is 44.5 Å². The third-order valence-electron chi connectivity index (χ3n) is 6.57. The van der Waals surface area contributed by atoms with E-state index < -0.39 is 11.1 Å². The Bertz CT molecular complexity index is 1080. The molecular formula is C26H24N4. The number of fused-ring (bicyclic) bond motifs is 4. The van der Waals surface area contributed by atoms with Gasteiger partial charge in [-0.2, -0.15) is 21.0 Å². The van der Waals surface area contributed by atoms with E-state index in [-0.39, 0.29) is 0 Å². The molecule has 2 aromatic rings. The molecule has 0 saturated carbocycles. The number of nitrogens with zero attached hydrogens (tertiary/aromatic N) is 4. The van der Waals surface area contributed by atoms with Crippen molar-refractivity contribution in [3.05, 3.63) is 55.7 Å². The largest absolute Gasteiger partial charge is 0.192 e. The highest BCUT2D eigenvalue weighted by Gasteiger charge is 2.32. The zero-order valence-electron chi connectivity index (χ0n) is 18.8. The van der Waals surface area contributed by atoms with E-state index in [1.165, 1.54) is 91.0 Å². The summed E-state index contributed by atoms with van der Waals surface area (Å²) in [5.74, 6) is 0. The van der Waals surface area contributed by atoms with Crippen LogP contribution in [-0.4, -0.2) is 0 Å². The molecule has 0 spiro atoms. The van der Waals surface area contributed by atoms with Gasteiger partial charge in [0.1, 0.15) is 24.3 Å². The summed E-state index contributed by atoms with van der Waals surface area (Å²) in [5.41, 5.74) is 16.9. The normalized spacial score (nSPS) is 9.87. The van der Waals surface area contributed by atoms with E-state index in [1.54, 1.807) is 0 Å². The Balaban J connectivity index is 0.000000274. The molecule has 0 bridgehead atoms. The van der Waals surface area contributed by atoms with Gasteiger partial charge in [0.2, 0.25) is 0 Å². The van der Waals surface area contributed by atoms with Gasteiger partial charge in [-0.25, -0.2) is 0 Å². The van der Waals surface area contributed by atoms with Gasteiger partial charge in [-0.15, -0.1) is 0 Å². The summed E-state index contributed by atoms with van der Waals surface area (Å²) in [7, 11) is 0. The monoisotopic (exact) mass is 392 g/mol. The van der Waals surface area contributed by atoms with Crippen LogP contribution in [0.2, 0.25) is 0 Å². The maximum atomic E-state index is 8.13. The minimum atomic E-state index is -0.440. The fourth-order valence-electron chi connectivity index (χ4n) is 4.09. The Kier molecular flexibility index (Phi) is 6.17. The van der Waals surface area contributed by atoms with E-state index in [4.69, 9.17) is 21.0 Å². The molecule has 0 unspecified atom stereocenters. The SMILES string of the molecule is Cc1c(C)c(C)c2c(c1C)-c1c(C)c(C)c(C)c(C)c1-2.N#CC(C#N)=C(C#N)C#N. The second-order valence-corrected chi connectivity index (χ2v) is 7.70. The molecular weight excluding hydrogens is 368 g/mol. The van der Waals surface area contributed by atoms with Gasteiger partial charge in [0.05, 0.1) is 0 Å². The molecule has 0 fully saturated rings. The van der Waals surface area contributed by atoms with Gasteiger partial charge < -0.3 is 0 Å². The van der Waals surface area contributed by atoms with Gasteiger partial charge in [-0.3, -0.25) is 0 Å². The number of hydrogen-bond donors (Lipinski definition) is 0. The minimum Gasteiger partial charge on any atom is -0.192 e. The van der Waals surface area contributed by atoms with E-state index in [1.807, 2.05) is 0 Å². The van der Waals surface area contributed by atoms with Gasteiger partial charge in [0.25, 0.3) is 0 Å². The molecule has 4 heteroatoms. The molecule has 1 aliphatic carbocycles. The summed E-state index contributed by atoms with van der Waals surface area (Å²) in [5, 5.41) is 32.5. The fourth-order valence-corrected chi connectivity index (χ4v) is 4.09. The summed E-state index contributed by atoms with van der Waals surface area (Å²) in [4.78, 5) is 0. The van der Waals surface area contributed by atoms with Gasteiger partial charge in [-0.1, -0.05) is 0 Å². The van der Waals surface area contributed by atoms with Crippen molar-refractivity contribution in [1.82, 2.24) is 0 Å². The van der Waals surface area contributed by atoms with Crippen LogP contribution in [-0.2, 0) is 0 Å². The average molecular weight is 393 g/mol. The van der Waals surface area contributed by atoms with Crippen LogP contribution in [0.5, 0.6) is 0 Å². The maximum absolute atomic E-state index is 8.13. The Hall–Kier alpha value is -3.86. The van der Waals surface area contributed by atoms with Crippen molar-refractivity contribution in [1.29, 1.82) is 21.0 Å². The fraction of sp³-hybridized carbons (Fsp3) is 0.308. The van der Waals surface area contributed by atoms with Crippen molar-refractivity contribution in [3.63, 3.8) is 0 Å². The van der Waals surface area contributed by atoms with Gasteiger partial charge in [0.15, 0.2) is 11.1 Å². The highest BCUT2D eigenvalue weighted by Crippen LogP contribution is 2.56. The van der Waals surface area contributed by atoms with Crippen LogP contribution in [0.25, 0.3) is 22.3 Å². The van der Waals surface area contributed by atoms with Crippen molar-refractivity contribution in [3.8, 4) is 46.5 Å². The molecule has 1 aliphatic rings. The lowest BCUT2D eigenvalue weighted by molar-refractivity contribution is 1.16. The number of hydrogen-bond acceptors (Lipinski definition) is 4. The molecule has 30 heavy (non-hydrogen) atoms. The van der Waals surface area contributed by atoms with Crippen molar-refractivity contribution in [2.75, 3.05) is 0 Å². The van der Waals surface area contributed by atoms with E-state index >= 15 is 0 Å². The van der Waals surface area contributed by atoms with Crippen LogP contribution in [0.4, 0.5) is 0 Å². The standard InChI is InChI=1S/C20H24.C6N4/c1-9-10(2)14(6)18-17(13(9)5)19-15(7)11(3)12(4)16(8)20(18)19;7-1-5(2-8)6(3-9)4-10/h1-8H3;. The molecule has 2 aromatic carbocycles. The molecule has 0 aliphatic heterocycles. The van der Waals surface area contributed by atoms with Crippen LogP contribution >= 0.6 is 0 Å². The molecule has 0 N–H and O–H groups in total. The Morgan fingerprint density at radius 2 is 0.533 bits per heavy atom. The van der Waals surface area contributed by atoms with Crippen LogP contribution in [0, 0.1) is 101 Å². The molecule has 0 amide bonds. The third kappa shape index (κ3) is 3.14. The molecule has 0 heterocycles. The molecule has 0 aromatic heterocycles. The summed E-state index contributed by atoms with van der Waals surface area (Å²) in [6.45, 7) is 18.2. The average Bonchev–Trinajstić information content (AvgIpc) is 2.72. The highest BCUT2D eigenvalue weighted by atomic mass is 14.4. The zero-order chi connectivity index (χ0) is 22.9. The van der Waals surface area contributed by atoms with Crippen LogP contribution in [0.15, 0.2) is 11.1 Å². The van der Waals surface area contributed by atoms with E-state index in [0.29, 0.717) is 0 Å². The number of allylic oxidation sites excluding steroid dienone is 2. The Morgan fingerprint density at radius 3 is 0.667 bits per heavy atom. The van der Waals surface area contributed by atoms with E-state index in [9.17, 15) is 0 Å². The van der Waals surface area contributed by atoms with Crippen LogP contribution in [0.3, 0.4) is 0 Å². The van der Waals surface area contributed by atoms with Gasteiger partial charge >= 0.3 is 0 Å². The molecule has 0 radical (unpaired) electrons. The first-order valence-electron chi connectivity index (χ1n) is 9.64. The Labute approximate surface area is 178 Å². The zero-order valence-corrected chi connectivity index (χ0v) is 18.8. The summed E-state index contributed by atoms with van der Waals surface area (Å²) in [6, 6.07) is 5.71.